The number of furan rings is 1. The summed E-state index contributed by atoms with van der Waals surface area (Å²) >= 11 is 4.50. The van der Waals surface area contributed by atoms with Crippen molar-refractivity contribution < 1.29 is 18.7 Å². The van der Waals surface area contributed by atoms with Crippen molar-refractivity contribution in [3.8, 4) is 5.75 Å². The summed E-state index contributed by atoms with van der Waals surface area (Å²) in [6.07, 6.45) is 1.66. The number of aromatic nitrogens is 1. The number of esters is 1. The Morgan fingerprint density at radius 3 is 2.77 bits per heavy atom. The molecule has 31 heavy (non-hydrogen) atoms. The van der Waals surface area contributed by atoms with Gasteiger partial charge in [0.2, 0.25) is 0 Å². The molecule has 7 nitrogen and oxygen atoms in total. The van der Waals surface area contributed by atoms with Gasteiger partial charge in [0, 0.05) is 11.6 Å². The molecule has 160 valence electrons. The first kappa shape index (κ1) is 21.3. The van der Waals surface area contributed by atoms with E-state index in [1.807, 2.05) is 18.2 Å². The first-order chi connectivity index (χ1) is 14.9. The van der Waals surface area contributed by atoms with E-state index in [9.17, 15) is 9.59 Å². The Kier molecular flexibility index (Phi) is 5.97. The lowest BCUT2D eigenvalue weighted by atomic mass is 9.95. The molecule has 0 amide bonds. The highest BCUT2D eigenvalue weighted by Gasteiger charge is 2.34. The van der Waals surface area contributed by atoms with E-state index < -0.39 is 12.0 Å². The van der Waals surface area contributed by atoms with Gasteiger partial charge < -0.3 is 13.9 Å². The second-order valence-electron chi connectivity index (χ2n) is 6.69. The van der Waals surface area contributed by atoms with Crippen LogP contribution in [-0.4, -0.2) is 24.3 Å². The fourth-order valence-electron chi connectivity index (χ4n) is 3.51. The molecule has 1 unspecified atom stereocenters. The molecule has 0 aliphatic carbocycles. The SMILES string of the molecule is CCOC(=O)C1=C(C)N=c2s/c(=C\c3ccc(Br)o3)c(=O)n2C1c1ccccc1OC. The summed E-state index contributed by atoms with van der Waals surface area (Å²) in [7, 11) is 1.55. The average molecular weight is 503 g/mol. The summed E-state index contributed by atoms with van der Waals surface area (Å²) in [5, 5.41) is 0. The van der Waals surface area contributed by atoms with E-state index in [-0.39, 0.29) is 12.2 Å². The number of hydrogen-bond acceptors (Lipinski definition) is 7. The van der Waals surface area contributed by atoms with Crippen molar-refractivity contribution >= 4 is 39.3 Å². The van der Waals surface area contributed by atoms with Crippen LogP contribution in [0.2, 0.25) is 0 Å². The molecule has 0 N–H and O–H groups in total. The van der Waals surface area contributed by atoms with Crippen LogP contribution in [-0.2, 0) is 9.53 Å². The monoisotopic (exact) mass is 502 g/mol. The van der Waals surface area contributed by atoms with Gasteiger partial charge >= 0.3 is 5.97 Å². The van der Waals surface area contributed by atoms with Crippen LogP contribution in [0, 0.1) is 0 Å². The van der Waals surface area contributed by atoms with Crippen LogP contribution in [0.25, 0.3) is 6.08 Å². The Hall–Kier alpha value is -2.91. The Labute approximate surface area is 190 Å². The van der Waals surface area contributed by atoms with E-state index in [2.05, 4.69) is 20.9 Å². The summed E-state index contributed by atoms with van der Waals surface area (Å²) in [5.74, 6) is 0.588. The summed E-state index contributed by atoms with van der Waals surface area (Å²) in [6, 6.07) is 10.1. The van der Waals surface area contributed by atoms with Crippen LogP contribution >= 0.6 is 27.3 Å². The zero-order chi connectivity index (χ0) is 22.1. The number of hydrogen-bond donors (Lipinski definition) is 0. The van der Waals surface area contributed by atoms with Gasteiger partial charge in [-0.25, -0.2) is 9.79 Å². The van der Waals surface area contributed by atoms with E-state index in [0.29, 0.717) is 42.3 Å². The number of thiazole rings is 1. The number of ether oxygens (including phenoxy) is 2. The van der Waals surface area contributed by atoms with Gasteiger partial charge in [0.1, 0.15) is 17.6 Å². The third-order valence-electron chi connectivity index (χ3n) is 4.82. The Morgan fingerprint density at radius 1 is 1.32 bits per heavy atom. The number of allylic oxidation sites excluding steroid dienone is 1. The number of para-hydroxylation sites is 1. The molecule has 0 bridgehead atoms. The largest absolute Gasteiger partial charge is 0.496 e. The van der Waals surface area contributed by atoms with Gasteiger partial charge in [-0.15, -0.1) is 0 Å². The second kappa shape index (κ2) is 8.68. The molecule has 2 aromatic heterocycles. The number of carbonyl (C=O) groups is 1. The zero-order valence-corrected chi connectivity index (χ0v) is 19.5. The van der Waals surface area contributed by atoms with Crippen LogP contribution in [0.4, 0.5) is 0 Å². The first-order valence-electron chi connectivity index (χ1n) is 9.52. The fourth-order valence-corrected chi connectivity index (χ4v) is 4.86. The molecule has 0 saturated carbocycles. The van der Waals surface area contributed by atoms with Crippen LogP contribution in [0.3, 0.4) is 0 Å². The van der Waals surface area contributed by atoms with Crippen LogP contribution in [0.15, 0.2) is 66.5 Å². The second-order valence-corrected chi connectivity index (χ2v) is 8.48. The normalized spacial score (nSPS) is 16.1. The number of rotatable bonds is 5. The number of fused-ring (bicyclic) bond motifs is 1. The number of halogens is 1. The van der Waals surface area contributed by atoms with Gasteiger partial charge in [0.25, 0.3) is 5.56 Å². The smallest absolute Gasteiger partial charge is 0.338 e. The van der Waals surface area contributed by atoms with Crippen molar-refractivity contribution in [1.82, 2.24) is 4.57 Å². The molecule has 1 aliphatic rings. The standard InChI is InChI=1S/C22H19BrN2O5S/c1-4-29-21(27)18-12(2)24-22-25(19(18)14-7-5-6-8-15(14)28-3)20(26)16(31-22)11-13-9-10-17(23)30-13/h5-11,19H,4H2,1-3H3/b16-11-. The molecule has 9 heteroatoms. The third-order valence-corrected chi connectivity index (χ3v) is 6.23. The minimum Gasteiger partial charge on any atom is -0.496 e. The number of carbonyl (C=O) groups excluding carboxylic acids is 1. The molecular weight excluding hydrogens is 484 g/mol. The van der Waals surface area contributed by atoms with Crippen LogP contribution < -0.4 is 19.6 Å². The highest BCUT2D eigenvalue weighted by Crippen LogP contribution is 2.35. The maximum Gasteiger partial charge on any atom is 0.338 e. The number of benzene rings is 1. The van der Waals surface area contributed by atoms with E-state index >= 15 is 0 Å². The van der Waals surface area contributed by atoms with Gasteiger partial charge in [-0.05, 0) is 48.0 Å². The molecule has 3 aromatic rings. The van der Waals surface area contributed by atoms with Crippen molar-refractivity contribution in [3.05, 3.63) is 83.3 Å². The lowest BCUT2D eigenvalue weighted by Crippen LogP contribution is -2.40. The first-order valence-corrected chi connectivity index (χ1v) is 11.1. The maximum atomic E-state index is 13.5. The topological polar surface area (TPSA) is 83.0 Å². The Balaban J connectivity index is 2.00. The summed E-state index contributed by atoms with van der Waals surface area (Å²) in [4.78, 5) is 31.4. The van der Waals surface area contributed by atoms with Gasteiger partial charge in [0.15, 0.2) is 9.47 Å². The molecule has 0 radical (unpaired) electrons. The van der Waals surface area contributed by atoms with Crippen molar-refractivity contribution in [2.24, 2.45) is 4.99 Å². The van der Waals surface area contributed by atoms with Crippen LogP contribution in [0.5, 0.6) is 5.75 Å². The highest BCUT2D eigenvalue weighted by molar-refractivity contribution is 9.10. The number of methoxy groups -OCH3 is 1. The minimum absolute atomic E-state index is 0.214. The zero-order valence-electron chi connectivity index (χ0n) is 17.0. The predicted molar refractivity (Wildman–Crippen MR) is 120 cm³/mol. The average Bonchev–Trinajstić information content (AvgIpc) is 3.29. The van der Waals surface area contributed by atoms with E-state index in [1.54, 1.807) is 45.2 Å². The van der Waals surface area contributed by atoms with E-state index in [4.69, 9.17) is 13.9 Å². The molecule has 3 heterocycles. The lowest BCUT2D eigenvalue weighted by Gasteiger charge is -2.25. The van der Waals surface area contributed by atoms with Crippen LogP contribution in [0.1, 0.15) is 31.2 Å². The lowest BCUT2D eigenvalue weighted by molar-refractivity contribution is -0.139. The molecule has 4 rings (SSSR count). The van der Waals surface area contributed by atoms with Crippen molar-refractivity contribution in [1.29, 1.82) is 0 Å². The minimum atomic E-state index is -0.725. The van der Waals surface area contributed by atoms with Crippen molar-refractivity contribution in [2.75, 3.05) is 13.7 Å². The Bertz CT molecular complexity index is 1360. The Morgan fingerprint density at radius 2 is 2.10 bits per heavy atom. The van der Waals surface area contributed by atoms with Gasteiger partial charge in [-0.2, -0.15) is 0 Å². The number of nitrogens with zero attached hydrogens (tertiary/aromatic N) is 2. The molecule has 0 spiro atoms. The van der Waals surface area contributed by atoms with Crippen molar-refractivity contribution in [2.45, 2.75) is 19.9 Å². The third kappa shape index (κ3) is 3.90. The fraction of sp³-hybridized carbons (Fsp3) is 0.227. The molecular formula is C22H19BrN2O5S. The summed E-state index contributed by atoms with van der Waals surface area (Å²) in [5.41, 5.74) is 1.21. The van der Waals surface area contributed by atoms with Crippen molar-refractivity contribution in [3.63, 3.8) is 0 Å². The molecule has 1 aromatic carbocycles. The summed E-state index contributed by atoms with van der Waals surface area (Å²) < 4.78 is 18.9. The van der Waals surface area contributed by atoms with Gasteiger partial charge in [-0.3, -0.25) is 9.36 Å². The highest BCUT2D eigenvalue weighted by atomic mass is 79.9. The summed E-state index contributed by atoms with van der Waals surface area (Å²) in [6.45, 7) is 3.70. The quantitative estimate of drug-likeness (QED) is 0.500. The molecule has 1 atom stereocenters. The molecule has 1 aliphatic heterocycles. The van der Waals surface area contributed by atoms with E-state index in [0.717, 1.165) is 0 Å². The maximum absolute atomic E-state index is 13.5. The molecule has 0 saturated heterocycles. The molecule has 0 fully saturated rings. The van der Waals surface area contributed by atoms with Gasteiger partial charge in [0.05, 0.1) is 29.5 Å². The van der Waals surface area contributed by atoms with Gasteiger partial charge in [-0.1, -0.05) is 29.5 Å². The predicted octanol–water partition coefficient (Wildman–Crippen LogP) is 3.16. The van der Waals surface area contributed by atoms with E-state index in [1.165, 1.54) is 15.9 Å².